The maximum absolute atomic E-state index is 12.6. The van der Waals surface area contributed by atoms with Gasteiger partial charge in [0.2, 0.25) is 0 Å². The Morgan fingerprint density at radius 2 is 1.97 bits per heavy atom. The van der Waals surface area contributed by atoms with E-state index in [9.17, 15) is 13.2 Å². The van der Waals surface area contributed by atoms with Gasteiger partial charge < -0.3 is 19.8 Å². The number of halogens is 3. The lowest BCUT2D eigenvalue weighted by Gasteiger charge is -2.41. The molecule has 0 saturated carbocycles. The van der Waals surface area contributed by atoms with Crippen LogP contribution in [0.2, 0.25) is 0 Å². The summed E-state index contributed by atoms with van der Waals surface area (Å²) in [5, 5.41) is 12.3. The van der Waals surface area contributed by atoms with Crippen molar-refractivity contribution >= 4 is 17.4 Å². The summed E-state index contributed by atoms with van der Waals surface area (Å²) in [6, 6.07) is 13.1. The summed E-state index contributed by atoms with van der Waals surface area (Å²) < 4.78 is 48.4. The lowest BCUT2D eigenvalue weighted by molar-refractivity contribution is -0.156. The second-order valence-electron chi connectivity index (χ2n) is 7.40. The van der Waals surface area contributed by atoms with E-state index in [2.05, 4.69) is 37.4 Å². The minimum Gasteiger partial charge on any atom is -0.399 e. The highest BCUT2D eigenvalue weighted by Crippen LogP contribution is 2.43. The maximum Gasteiger partial charge on any atom is 0.470 e. The first-order valence-corrected chi connectivity index (χ1v) is 9.41. The molecule has 156 valence electrons. The summed E-state index contributed by atoms with van der Waals surface area (Å²) in [5.41, 5.74) is 11.2. The average Bonchev–Trinajstić information content (AvgIpc) is 3.35. The van der Waals surface area contributed by atoms with Crippen molar-refractivity contribution in [3.05, 3.63) is 65.0 Å². The van der Waals surface area contributed by atoms with Gasteiger partial charge in [0.1, 0.15) is 0 Å². The molecule has 0 radical (unpaired) electrons. The molecule has 0 fully saturated rings. The van der Waals surface area contributed by atoms with Crippen molar-refractivity contribution in [1.82, 2.24) is 10.2 Å². The number of aromatic nitrogens is 2. The van der Waals surface area contributed by atoms with Gasteiger partial charge in [-0.25, -0.2) is 0 Å². The SMILES string of the molecule is N[C@]1(C2CCc3ccccc32)Nc2ccc(Nc3nnc(C(F)(F)F)o3)cc2CO1. The third-order valence-corrected chi connectivity index (χ3v) is 5.47. The van der Waals surface area contributed by atoms with Crippen molar-refractivity contribution in [3.8, 4) is 0 Å². The molecule has 0 saturated heterocycles. The first-order chi connectivity index (χ1) is 14.3. The Morgan fingerprint density at radius 3 is 2.77 bits per heavy atom. The van der Waals surface area contributed by atoms with Gasteiger partial charge in [-0.05, 0) is 42.2 Å². The van der Waals surface area contributed by atoms with Crippen LogP contribution in [0.15, 0.2) is 46.9 Å². The summed E-state index contributed by atoms with van der Waals surface area (Å²) in [4.78, 5) is 0. The predicted molar refractivity (Wildman–Crippen MR) is 102 cm³/mol. The van der Waals surface area contributed by atoms with Crippen LogP contribution in [0.3, 0.4) is 0 Å². The topological polar surface area (TPSA) is 98.2 Å². The molecule has 3 aromatic rings. The zero-order chi connectivity index (χ0) is 20.9. The van der Waals surface area contributed by atoms with Crippen LogP contribution in [0, 0.1) is 0 Å². The molecule has 0 amide bonds. The Kier molecular flexibility index (Phi) is 4.23. The molecule has 2 atom stereocenters. The Bertz CT molecular complexity index is 1100. The standard InChI is InChI=1S/C20H18F3N5O2/c21-19(22,23)17-27-28-18(30-17)25-13-6-8-16-12(9-13)10-29-20(24,26-16)15-7-5-11-3-1-2-4-14(11)15/h1-4,6,8-9,15,26H,5,7,10,24H2,(H,25,28)/t15?,20-/m1/s1. The third-order valence-electron chi connectivity index (χ3n) is 5.47. The number of aryl methyl sites for hydroxylation is 1. The lowest BCUT2D eigenvalue weighted by atomic mass is 9.94. The van der Waals surface area contributed by atoms with E-state index < -0.39 is 17.9 Å². The normalized spacial score (nSPS) is 22.9. The van der Waals surface area contributed by atoms with Gasteiger partial charge in [0.05, 0.1) is 6.61 Å². The Morgan fingerprint density at radius 1 is 1.13 bits per heavy atom. The van der Waals surface area contributed by atoms with Gasteiger partial charge in [0.25, 0.3) is 0 Å². The second kappa shape index (κ2) is 6.71. The van der Waals surface area contributed by atoms with Gasteiger partial charge in [-0.15, -0.1) is 5.10 Å². The smallest absolute Gasteiger partial charge is 0.399 e. The van der Waals surface area contributed by atoms with Gasteiger partial charge >= 0.3 is 18.1 Å². The Labute approximate surface area is 169 Å². The number of alkyl halides is 3. The lowest BCUT2D eigenvalue weighted by Crippen LogP contribution is -2.56. The number of fused-ring (bicyclic) bond motifs is 2. The summed E-state index contributed by atoms with van der Waals surface area (Å²) in [7, 11) is 0. The number of nitrogens with zero attached hydrogens (tertiary/aromatic N) is 2. The predicted octanol–water partition coefficient (Wildman–Crippen LogP) is 4.12. The molecular weight excluding hydrogens is 399 g/mol. The molecule has 0 spiro atoms. The van der Waals surface area contributed by atoms with E-state index in [4.69, 9.17) is 10.5 Å². The van der Waals surface area contributed by atoms with E-state index in [1.54, 1.807) is 18.2 Å². The van der Waals surface area contributed by atoms with E-state index in [1.165, 1.54) is 11.1 Å². The third kappa shape index (κ3) is 3.27. The molecule has 0 bridgehead atoms. The molecule has 2 heterocycles. The van der Waals surface area contributed by atoms with Crippen LogP contribution < -0.4 is 16.4 Å². The summed E-state index contributed by atoms with van der Waals surface area (Å²) >= 11 is 0. The van der Waals surface area contributed by atoms with E-state index in [1.807, 2.05) is 12.1 Å². The first-order valence-electron chi connectivity index (χ1n) is 9.41. The highest BCUT2D eigenvalue weighted by molar-refractivity contribution is 5.64. The molecule has 2 aliphatic rings. The summed E-state index contributed by atoms with van der Waals surface area (Å²) in [6.45, 7) is 0.255. The monoisotopic (exact) mass is 417 g/mol. The number of hydrogen-bond acceptors (Lipinski definition) is 7. The quantitative estimate of drug-likeness (QED) is 0.590. The van der Waals surface area contributed by atoms with Gasteiger partial charge in [0.15, 0.2) is 5.85 Å². The summed E-state index contributed by atoms with van der Waals surface area (Å²) in [5.74, 6) is -2.43. The number of anilines is 3. The number of nitrogens with one attached hydrogen (secondary N) is 2. The molecule has 1 aliphatic carbocycles. The second-order valence-corrected chi connectivity index (χ2v) is 7.40. The largest absolute Gasteiger partial charge is 0.470 e. The molecule has 4 N–H and O–H groups in total. The van der Waals surface area contributed by atoms with Crippen molar-refractivity contribution in [3.63, 3.8) is 0 Å². The molecular formula is C20H18F3N5O2. The van der Waals surface area contributed by atoms with Crippen molar-refractivity contribution in [1.29, 1.82) is 0 Å². The van der Waals surface area contributed by atoms with Crippen LogP contribution >= 0.6 is 0 Å². The minimum atomic E-state index is -4.69. The molecule has 5 rings (SSSR count). The van der Waals surface area contributed by atoms with Crippen molar-refractivity contribution in [2.75, 3.05) is 10.6 Å². The molecule has 2 aromatic carbocycles. The Hall–Kier alpha value is -3.11. The number of rotatable bonds is 3. The maximum atomic E-state index is 12.6. The average molecular weight is 417 g/mol. The van der Waals surface area contributed by atoms with E-state index in [0.717, 1.165) is 24.1 Å². The fraction of sp³-hybridized carbons (Fsp3) is 0.300. The van der Waals surface area contributed by atoms with Crippen LogP contribution in [-0.4, -0.2) is 16.0 Å². The van der Waals surface area contributed by atoms with Crippen molar-refractivity contribution < 1.29 is 22.3 Å². The Balaban J connectivity index is 1.34. The van der Waals surface area contributed by atoms with Gasteiger partial charge in [-0.1, -0.05) is 29.4 Å². The van der Waals surface area contributed by atoms with Crippen LogP contribution in [0.1, 0.15) is 34.9 Å². The van der Waals surface area contributed by atoms with E-state index >= 15 is 0 Å². The van der Waals surface area contributed by atoms with Crippen LogP contribution in [0.4, 0.5) is 30.6 Å². The fourth-order valence-electron chi connectivity index (χ4n) is 4.06. The molecule has 7 nitrogen and oxygen atoms in total. The van der Waals surface area contributed by atoms with Gasteiger partial charge in [-0.3, -0.25) is 5.73 Å². The fourth-order valence-corrected chi connectivity index (χ4v) is 4.06. The minimum absolute atomic E-state index is 0.0128. The molecule has 1 aliphatic heterocycles. The van der Waals surface area contributed by atoms with Crippen molar-refractivity contribution in [2.45, 2.75) is 37.4 Å². The van der Waals surface area contributed by atoms with Crippen LogP contribution in [0.25, 0.3) is 0 Å². The van der Waals surface area contributed by atoms with Gasteiger partial charge in [-0.2, -0.15) is 13.2 Å². The molecule has 1 aromatic heterocycles. The zero-order valence-electron chi connectivity index (χ0n) is 15.7. The molecule has 30 heavy (non-hydrogen) atoms. The van der Waals surface area contributed by atoms with Crippen LogP contribution in [0.5, 0.6) is 0 Å². The molecule has 1 unspecified atom stereocenters. The molecule has 10 heteroatoms. The number of hydrogen-bond donors (Lipinski definition) is 3. The zero-order valence-corrected chi connectivity index (χ0v) is 15.7. The number of ether oxygens (including phenoxy) is 1. The number of nitrogens with two attached hydrogens (primary N) is 1. The summed E-state index contributed by atoms with van der Waals surface area (Å²) in [6.07, 6.45) is -2.86. The van der Waals surface area contributed by atoms with Crippen molar-refractivity contribution in [2.24, 2.45) is 5.73 Å². The highest BCUT2D eigenvalue weighted by Gasteiger charge is 2.43. The first kappa shape index (κ1) is 18.9. The number of benzene rings is 2. The van der Waals surface area contributed by atoms with Crippen LogP contribution in [-0.2, 0) is 23.9 Å². The van der Waals surface area contributed by atoms with E-state index in [0.29, 0.717) is 5.69 Å². The highest BCUT2D eigenvalue weighted by atomic mass is 19.4. The van der Waals surface area contributed by atoms with E-state index in [-0.39, 0.29) is 18.5 Å². The van der Waals surface area contributed by atoms with Gasteiger partial charge in [0, 0.05) is 22.9 Å².